The van der Waals surface area contributed by atoms with Crippen LogP contribution in [0.3, 0.4) is 0 Å². The molecule has 0 saturated heterocycles. The van der Waals surface area contributed by atoms with Gasteiger partial charge >= 0.3 is 0 Å². The molecule has 0 rings (SSSR count). The third kappa shape index (κ3) is 8.58. The van der Waals surface area contributed by atoms with Gasteiger partial charge in [0.1, 0.15) is 6.61 Å². The van der Waals surface area contributed by atoms with Gasteiger partial charge in [0.05, 0.1) is 0 Å². The van der Waals surface area contributed by atoms with Crippen molar-refractivity contribution in [3.05, 3.63) is 0 Å². The number of ketones is 1. The molecule has 0 bridgehead atoms. The first-order valence-electron chi connectivity index (χ1n) is 6.04. The maximum atomic E-state index is 11.4. The fourth-order valence-electron chi connectivity index (χ4n) is 1.73. The molecule has 0 amide bonds. The summed E-state index contributed by atoms with van der Waals surface area (Å²) in [6, 6.07) is 0. The third-order valence-electron chi connectivity index (χ3n) is 2.57. The quantitative estimate of drug-likeness (QED) is 0.607. The smallest absolute Gasteiger partial charge is 0.158 e. The molecule has 2 N–H and O–H groups in total. The van der Waals surface area contributed by atoms with Gasteiger partial charge in [-0.05, 0) is 32.2 Å². The summed E-state index contributed by atoms with van der Waals surface area (Å²) in [6.07, 6.45) is 5.00. The van der Waals surface area contributed by atoms with Crippen LogP contribution in [0.2, 0.25) is 0 Å². The van der Waals surface area contributed by atoms with Crippen LogP contribution in [0.4, 0.5) is 0 Å². The molecular weight excluding hydrogens is 190 g/mol. The summed E-state index contributed by atoms with van der Waals surface area (Å²) in [4.78, 5) is 11.4. The van der Waals surface area contributed by atoms with Gasteiger partial charge in [0.25, 0.3) is 0 Å². The Morgan fingerprint density at radius 2 is 2.00 bits per heavy atom. The van der Waals surface area contributed by atoms with Crippen LogP contribution >= 0.6 is 0 Å². The Bertz CT molecular complexity index is 154. The largest absolute Gasteiger partial charge is 0.374 e. The molecule has 1 unspecified atom stereocenters. The van der Waals surface area contributed by atoms with Crippen LogP contribution in [0.15, 0.2) is 0 Å². The topological polar surface area (TPSA) is 52.3 Å². The SMILES string of the molecule is CCCC(CCN)CCC(=O)COCC. The highest BCUT2D eigenvalue weighted by atomic mass is 16.5. The maximum absolute atomic E-state index is 11.4. The van der Waals surface area contributed by atoms with Crippen molar-refractivity contribution in [1.82, 2.24) is 0 Å². The first-order chi connectivity index (χ1) is 7.24. The van der Waals surface area contributed by atoms with Crippen molar-refractivity contribution in [2.75, 3.05) is 19.8 Å². The highest BCUT2D eigenvalue weighted by Crippen LogP contribution is 2.16. The van der Waals surface area contributed by atoms with Gasteiger partial charge in [-0.1, -0.05) is 19.8 Å². The van der Waals surface area contributed by atoms with Crippen molar-refractivity contribution >= 4 is 5.78 Å². The summed E-state index contributed by atoms with van der Waals surface area (Å²) in [6.45, 7) is 5.70. The number of hydrogen-bond donors (Lipinski definition) is 1. The molecular formula is C12H25NO2. The van der Waals surface area contributed by atoms with E-state index in [1.54, 1.807) is 0 Å². The Balaban J connectivity index is 3.62. The number of ether oxygens (including phenoxy) is 1. The predicted octanol–water partition coefficient (Wildman–Crippen LogP) is 2.14. The van der Waals surface area contributed by atoms with Crippen LogP contribution in [0.5, 0.6) is 0 Å². The van der Waals surface area contributed by atoms with Gasteiger partial charge < -0.3 is 10.5 Å². The minimum Gasteiger partial charge on any atom is -0.374 e. The van der Waals surface area contributed by atoms with Crippen LogP contribution in [0, 0.1) is 5.92 Å². The summed E-state index contributed by atoms with van der Waals surface area (Å²) in [5.41, 5.74) is 5.54. The molecule has 15 heavy (non-hydrogen) atoms. The van der Waals surface area contributed by atoms with E-state index in [0.717, 1.165) is 19.4 Å². The first kappa shape index (κ1) is 14.6. The molecule has 0 spiro atoms. The summed E-state index contributed by atoms with van der Waals surface area (Å²) in [5, 5.41) is 0. The minimum atomic E-state index is 0.218. The second-order valence-electron chi connectivity index (χ2n) is 3.95. The zero-order valence-corrected chi connectivity index (χ0v) is 10.1. The van der Waals surface area contributed by atoms with Crippen molar-refractivity contribution in [3.8, 4) is 0 Å². The van der Waals surface area contributed by atoms with Crippen LogP contribution in [0.1, 0.15) is 46.0 Å². The predicted molar refractivity (Wildman–Crippen MR) is 62.8 cm³/mol. The van der Waals surface area contributed by atoms with E-state index in [2.05, 4.69) is 6.92 Å². The maximum Gasteiger partial charge on any atom is 0.158 e. The van der Waals surface area contributed by atoms with Crippen LogP contribution in [-0.2, 0) is 9.53 Å². The molecule has 0 aromatic carbocycles. The molecule has 0 saturated carbocycles. The molecule has 0 aromatic rings. The third-order valence-corrected chi connectivity index (χ3v) is 2.57. The highest BCUT2D eigenvalue weighted by Gasteiger charge is 2.09. The fourth-order valence-corrected chi connectivity index (χ4v) is 1.73. The number of carbonyl (C=O) groups is 1. The van der Waals surface area contributed by atoms with Crippen molar-refractivity contribution < 1.29 is 9.53 Å². The van der Waals surface area contributed by atoms with Crippen LogP contribution < -0.4 is 5.73 Å². The van der Waals surface area contributed by atoms with Gasteiger partial charge in [0.2, 0.25) is 0 Å². The molecule has 0 aromatic heterocycles. The van der Waals surface area contributed by atoms with E-state index in [1.165, 1.54) is 12.8 Å². The Morgan fingerprint density at radius 1 is 1.27 bits per heavy atom. The van der Waals surface area contributed by atoms with Crippen molar-refractivity contribution in [2.45, 2.75) is 46.0 Å². The summed E-state index contributed by atoms with van der Waals surface area (Å²) in [5.74, 6) is 0.834. The molecule has 0 fully saturated rings. The Labute approximate surface area is 93.4 Å². The van der Waals surface area contributed by atoms with Crippen molar-refractivity contribution in [3.63, 3.8) is 0 Å². The average Bonchev–Trinajstić information content (AvgIpc) is 2.23. The molecule has 0 heterocycles. The normalized spacial score (nSPS) is 12.7. The van der Waals surface area contributed by atoms with Crippen LogP contribution in [-0.4, -0.2) is 25.5 Å². The molecule has 0 aliphatic rings. The Kier molecular flexibility index (Phi) is 9.84. The fraction of sp³-hybridized carbons (Fsp3) is 0.917. The van der Waals surface area contributed by atoms with Crippen LogP contribution in [0.25, 0.3) is 0 Å². The van der Waals surface area contributed by atoms with E-state index < -0.39 is 0 Å². The molecule has 3 nitrogen and oxygen atoms in total. The Morgan fingerprint density at radius 3 is 2.53 bits per heavy atom. The summed E-state index contributed by atoms with van der Waals surface area (Å²) < 4.78 is 5.07. The molecule has 3 heteroatoms. The zero-order valence-electron chi connectivity index (χ0n) is 10.1. The summed E-state index contributed by atoms with van der Waals surface area (Å²) in [7, 11) is 0. The van der Waals surface area contributed by atoms with Gasteiger partial charge in [-0.2, -0.15) is 0 Å². The Hall–Kier alpha value is -0.410. The van der Waals surface area contributed by atoms with Gasteiger partial charge in [-0.15, -0.1) is 0 Å². The van der Waals surface area contributed by atoms with Gasteiger partial charge in [-0.3, -0.25) is 4.79 Å². The standard InChI is InChI=1S/C12H25NO2/c1-3-5-11(8-9-13)6-7-12(14)10-15-4-2/h11H,3-10,13H2,1-2H3. The zero-order chi connectivity index (χ0) is 11.5. The van der Waals surface area contributed by atoms with Crippen molar-refractivity contribution in [1.29, 1.82) is 0 Å². The number of carbonyl (C=O) groups excluding carboxylic acids is 1. The number of rotatable bonds is 10. The van der Waals surface area contributed by atoms with E-state index in [-0.39, 0.29) is 12.4 Å². The lowest BCUT2D eigenvalue weighted by Crippen LogP contribution is -2.13. The molecule has 1 atom stereocenters. The number of hydrogen-bond acceptors (Lipinski definition) is 3. The lowest BCUT2D eigenvalue weighted by Gasteiger charge is -2.14. The van der Waals surface area contributed by atoms with E-state index >= 15 is 0 Å². The minimum absolute atomic E-state index is 0.218. The lowest BCUT2D eigenvalue weighted by atomic mass is 9.93. The second-order valence-corrected chi connectivity index (χ2v) is 3.95. The molecule has 0 aliphatic carbocycles. The monoisotopic (exact) mass is 215 g/mol. The van der Waals surface area contributed by atoms with Crippen molar-refractivity contribution in [2.24, 2.45) is 11.7 Å². The summed E-state index contributed by atoms with van der Waals surface area (Å²) >= 11 is 0. The highest BCUT2D eigenvalue weighted by molar-refractivity contribution is 5.79. The molecule has 0 radical (unpaired) electrons. The average molecular weight is 215 g/mol. The van der Waals surface area contributed by atoms with E-state index in [1.807, 2.05) is 6.92 Å². The second kappa shape index (κ2) is 10.1. The van der Waals surface area contributed by atoms with Gasteiger partial charge in [-0.25, -0.2) is 0 Å². The molecule has 90 valence electrons. The van der Waals surface area contributed by atoms with E-state index in [0.29, 0.717) is 18.9 Å². The van der Waals surface area contributed by atoms with Gasteiger partial charge in [0, 0.05) is 13.0 Å². The number of nitrogens with two attached hydrogens (primary N) is 1. The number of Topliss-reactive ketones (excluding diaryl/α,β-unsaturated/α-hetero) is 1. The van der Waals surface area contributed by atoms with E-state index in [4.69, 9.17) is 10.5 Å². The molecule has 0 aliphatic heterocycles. The van der Waals surface area contributed by atoms with E-state index in [9.17, 15) is 4.79 Å². The first-order valence-corrected chi connectivity index (χ1v) is 6.04. The lowest BCUT2D eigenvalue weighted by molar-refractivity contribution is -0.123. The van der Waals surface area contributed by atoms with Gasteiger partial charge in [0.15, 0.2) is 5.78 Å².